The maximum atomic E-state index is 12.8. The van der Waals surface area contributed by atoms with Gasteiger partial charge < -0.3 is 0 Å². The van der Waals surface area contributed by atoms with Crippen LogP contribution in [-0.2, 0) is 10.8 Å². The van der Waals surface area contributed by atoms with Gasteiger partial charge in [0.15, 0.2) is 5.69 Å². The van der Waals surface area contributed by atoms with Crippen LogP contribution in [0, 0.1) is 5.95 Å². The van der Waals surface area contributed by atoms with E-state index in [1.165, 1.54) is 7.05 Å². The Morgan fingerprint density at radius 3 is 2.18 bits per heavy atom. The molecule has 0 radical (unpaired) electrons. The van der Waals surface area contributed by atoms with E-state index >= 15 is 0 Å². The van der Waals surface area contributed by atoms with Crippen LogP contribution in [0.4, 0.5) is 4.39 Å². The zero-order valence-corrected chi connectivity index (χ0v) is 7.62. The van der Waals surface area contributed by atoms with Crippen molar-refractivity contribution in [3.05, 3.63) is 11.6 Å². The molecule has 1 rings (SSSR count). The van der Waals surface area contributed by atoms with Gasteiger partial charge in [-0.15, -0.1) is 5.10 Å². The highest BCUT2D eigenvalue weighted by atomic mass is 35.6. The first-order valence-corrected chi connectivity index (χ1v) is 3.68. The number of aromatic nitrogens is 3. The lowest BCUT2D eigenvalue weighted by molar-refractivity contribution is 0.494. The Morgan fingerprint density at radius 1 is 1.45 bits per heavy atom. The smallest absolute Gasteiger partial charge is 0.222 e. The van der Waals surface area contributed by atoms with Crippen molar-refractivity contribution < 1.29 is 4.39 Å². The molecule has 7 heteroatoms. The molecule has 62 valence electrons. The van der Waals surface area contributed by atoms with Gasteiger partial charge in [0, 0.05) is 7.05 Å². The Hall–Kier alpha value is -0.0600. The van der Waals surface area contributed by atoms with Gasteiger partial charge in [-0.2, -0.15) is 4.39 Å². The topological polar surface area (TPSA) is 30.7 Å². The van der Waals surface area contributed by atoms with E-state index in [-0.39, 0.29) is 5.69 Å². The summed E-state index contributed by atoms with van der Waals surface area (Å²) in [5.41, 5.74) is -0.287. The number of hydrogen-bond donors (Lipinski definition) is 0. The van der Waals surface area contributed by atoms with E-state index in [4.69, 9.17) is 34.8 Å². The van der Waals surface area contributed by atoms with Crippen molar-refractivity contribution in [2.45, 2.75) is 3.79 Å². The van der Waals surface area contributed by atoms with E-state index in [0.29, 0.717) is 0 Å². The molecule has 0 saturated heterocycles. The average molecular weight is 218 g/mol. The number of halogens is 4. The van der Waals surface area contributed by atoms with Crippen LogP contribution in [0.3, 0.4) is 0 Å². The molecule has 1 aromatic heterocycles. The normalized spacial score (nSPS) is 12.1. The molecule has 0 unspecified atom stereocenters. The summed E-state index contributed by atoms with van der Waals surface area (Å²) in [7, 11) is 1.36. The largest absolute Gasteiger partial charge is 0.239 e. The predicted octanol–water partition coefficient (Wildman–Crippen LogP) is 1.78. The quantitative estimate of drug-likeness (QED) is 0.622. The highest BCUT2D eigenvalue weighted by Crippen LogP contribution is 2.37. The summed E-state index contributed by atoms with van der Waals surface area (Å²) >= 11 is 16.1. The van der Waals surface area contributed by atoms with Crippen LogP contribution >= 0.6 is 34.8 Å². The van der Waals surface area contributed by atoms with E-state index in [0.717, 1.165) is 4.68 Å². The van der Waals surface area contributed by atoms with Crippen LogP contribution in [-0.4, -0.2) is 15.0 Å². The summed E-state index contributed by atoms with van der Waals surface area (Å²) in [6.45, 7) is 0. The lowest BCUT2D eigenvalue weighted by Crippen LogP contribution is -2.04. The number of hydrogen-bond acceptors (Lipinski definition) is 2. The van der Waals surface area contributed by atoms with Crippen molar-refractivity contribution in [2.24, 2.45) is 7.05 Å². The summed E-state index contributed by atoms with van der Waals surface area (Å²) in [5, 5.41) is 6.65. The third kappa shape index (κ3) is 1.75. The first-order chi connectivity index (χ1) is 4.93. The molecule has 0 saturated carbocycles. The molecule has 0 aliphatic heterocycles. The van der Waals surface area contributed by atoms with Gasteiger partial charge >= 0.3 is 0 Å². The first kappa shape index (κ1) is 9.03. The van der Waals surface area contributed by atoms with Gasteiger partial charge in [0.25, 0.3) is 0 Å². The minimum Gasteiger partial charge on any atom is -0.222 e. The van der Waals surface area contributed by atoms with Gasteiger partial charge in [-0.3, -0.25) is 0 Å². The van der Waals surface area contributed by atoms with Crippen LogP contribution < -0.4 is 0 Å². The van der Waals surface area contributed by atoms with E-state index in [1.54, 1.807) is 0 Å². The monoisotopic (exact) mass is 217 g/mol. The van der Waals surface area contributed by atoms with Gasteiger partial charge in [0.2, 0.25) is 9.74 Å². The fourth-order valence-electron chi connectivity index (χ4n) is 0.519. The molecule has 0 spiro atoms. The maximum absolute atomic E-state index is 12.8. The fraction of sp³-hybridized carbons (Fsp3) is 0.500. The third-order valence-electron chi connectivity index (χ3n) is 1.03. The lowest BCUT2D eigenvalue weighted by atomic mass is 10.5. The molecule has 0 amide bonds. The summed E-state index contributed by atoms with van der Waals surface area (Å²) in [6.07, 6.45) is 0. The second-order valence-electron chi connectivity index (χ2n) is 1.85. The van der Waals surface area contributed by atoms with Crippen molar-refractivity contribution in [2.75, 3.05) is 0 Å². The minimum absolute atomic E-state index is 0.287. The SMILES string of the molecule is Cn1nnc(C(Cl)(Cl)Cl)c1F. The van der Waals surface area contributed by atoms with Gasteiger partial charge in [-0.1, -0.05) is 40.0 Å². The van der Waals surface area contributed by atoms with Gasteiger partial charge in [-0.25, -0.2) is 4.68 Å². The number of alkyl halides is 3. The van der Waals surface area contributed by atoms with Crippen molar-refractivity contribution in [3.63, 3.8) is 0 Å². The molecule has 0 aliphatic rings. The zero-order valence-electron chi connectivity index (χ0n) is 5.35. The van der Waals surface area contributed by atoms with E-state index in [2.05, 4.69) is 10.3 Å². The molecular formula is C4H3Cl3FN3. The average Bonchev–Trinajstić information content (AvgIpc) is 2.11. The standard InChI is InChI=1S/C4H3Cl3FN3/c1-11-3(8)2(9-10-11)4(5,6)7/h1H3. The predicted molar refractivity (Wildman–Crippen MR) is 40.2 cm³/mol. The highest BCUT2D eigenvalue weighted by molar-refractivity contribution is 6.66. The Labute approximate surface area is 77.0 Å². The van der Waals surface area contributed by atoms with Crippen molar-refractivity contribution in [1.82, 2.24) is 15.0 Å². The van der Waals surface area contributed by atoms with Gasteiger partial charge in [0.1, 0.15) is 0 Å². The zero-order chi connectivity index (χ0) is 8.65. The first-order valence-electron chi connectivity index (χ1n) is 2.55. The molecule has 0 aromatic carbocycles. The number of rotatable bonds is 0. The number of aryl methyl sites for hydroxylation is 1. The second kappa shape index (κ2) is 2.77. The molecule has 3 nitrogen and oxygen atoms in total. The van der Waals surface area contributed by atoms with Crippen LogP contribution in [0.15, 0.2) is 0 Å². The van der Waals surface area contributed by atoms with Crippen molar-refractivity contribution >= 4 is 34.8 Å². The summed E-state index contributed by atoms with van der Waals surface area (Å²) in [4.78, 5) is 0. The molecule has 0 fully saturated rings. The Balaban J connectivity index is 3.15. The fourth-order valence-corrected chi connectivity index (χ4v) is 0.867. The van der Waals surface area contributed by atoms with Crippen LogP contribution in [0.25, 0.3) is 0 Å². The Kier molecular flexibility index (Phi) is 2.27. The van der Waals surface area contributed by atoms with Gasteiger partial charge in [-0.05, 0) is 0 Å². The summed E-state index contributed by atoms with van der Waals surface area (Å²) in [5.74, 6) is -0.745. The third-order valence-corrected chi connectivity index (χ3v) is 1.56. The molecular weight excluding hydrogens is 215 g/mol. The Morgan fingerprint density at radius 2 is 2.00 bits per heavy atom. The van der Waals surface area contributed by atoms with Crippen LogP contribution in [0.5, 0.6) is 0 Å². The maximum Gasteiger partial charge on any atom is 0.239 e. The van der Waals surface area contributed by atoms with Crippen molar-refractivity contribution in [3.8, 4) is 0 Å². The Bertz CT molecular complexity index is 266. The second-order valence-corrected chi connectivity index (χ2v) is 4.13. The molecule has 1 heterocycles. The molecule has 1 aromatic rings. The lowest BCUT2D eigenvalue weighted by Gasteiger charge is -2.04. The van der Waals surface area contributed by atoms with Crippen LogP contribution in [0.1, 0.15) is 5.69 Å². The van der Waals surface area contributed by atoms with E-state index < -0.39 is 9.74 Å². The van der Waals surface area contributed by atoms with Gasteiger partial charge in [0.05, 0.1) is 0 Å². The summed E-state index contributed by atoms with van der Waals surface area (Å²) in [6, 6.07) is 0. The molecule has 11 heavy (non-hydrogen) atoms. The molecule has 0 atom stereocenters. The molecule has 0 N–H and O–H groups in total. The molecule has 0 aliphatic carbocycles. The van der Waals surface area contributed by atoms with E-state index in [1.807, 2.05) is 0 Å². The minimum atomic E-state index is -1.85. The van der Waals surface area contributed by atoms with Crippen LogP contribution in [0.2, 0.25) is 0 Å². The highest BCUT2D eigenvalue weighted by Gasteiger charge is 2.31. The summed E-state index contributed by atoms with van der Waals surface area (Å²) < 4.78 is 11.9. The van der Waals surface area contributed by atoms with Crippen molar-refractivity contribution in [1.29, 1.82) is 0 Å². The molecule has 0 bridgehead atoms. The number of nitrogens with zero attached hydrogens (tertiary/aromatic N) is 3. The van der Waals surface area contributed by atoms with E-state index in [9.17, 15) is 4.39 Å².